The van der Waals surface area contributed by atoms with Gasteiger partial charge in [0.25, 0.3) is 0 Å². The Morgan fingerprint density at radius 1 is 1.53 bits per heavy atom. The fourth-order valence-corrected chi connectivity index (χ4v) is 1.66. The molecule has 0 unspecified atom stereocenters. The van der Waals surface area contributed by atoms with E-state index in [2.05, 4.69) is 10.2 Å². The van der Waals surface area contributed by atoms with E-state index >= 15 is 0 Å². The van der Waals surface area contributed by atoms with Crippen molar-refractivity contribution < 1.29 is 21.6 Å². The third kappa shape index (κ3) is 2.48. The molecule has 15 heavy (non-hydrogen) atoms. The lowest BCUT2D eigenvalue weighted by atomic mass is 10.4. The fraction of sp³-hybridized carbons (Fsp3) is 0.500. The van der Waals surface area contributed by atoms with E-state index in [9.17, 15) is 21.6 Å². The number of alkyl halides is 3. The van der Waals surface area contributed by atoms with Gasteiger partial charge in [-0.05, 0) is 6.92 Å². The van der Waals surface area contributed by atoms with Crippen LogP contribution in [0, 0.1) is 0 Å². The number of primary sulfonamides is 1. The van der Waals surface area contributed by atoms with Gasteiger partial charge in [0.1, 0.15) is 4.90 Å². The van der Waals surface area contributed by atoms with Crippen LogP contribution >= 0.6 is 0 Å². The molecule has 1 rings (SSSR count). The molecule has 0 aliphatic carbocycles. The molecule has 0 saturated carbocycles. The van der Waals surface area contributed by atoms with Crippen LogP contribution in [0.25, 0.3) is 0 Å². The lowest BCUT2D eigenvalue weighted by Crippen LogP contribution is -2.17. The predicted molar refractivity (Wildman–Crippen MR) is 44.3 cm³/mol. The molecule has 0 radical (unpaired) electrons. The maximum absolute atomic E-state index is 12.3. The number of aryl methyl sites for hydroxylation is 1. The van der Waals surface area contributed by atoms with Crippen molar-refractivity contribution in [3.63, 3.8) is 0 Å². The Labute approximate surface area is 83.7 Å². The Bertz CT molecular complexity index is 462. The maximum atomic E-state index is 12.3. The first-order valence-electron chi connectivity index (χ1n) is 3.83. The molecule has 0 saturated heterocycles. The largest absolute Gasteiger partial charge is 0.436 e. The van der Waals surface area contributed by atoms with Gasteiger partial charge in [-0.15, -0.1) is 0 Å². The molecule has 5 nitrogen and oxygen atoms in total. The van der Waals surface area contributed by atoms with Crippen LogP contribution < -0.4 is 5.14 Å². The topological polar surface area (TPSA) is 78.0 Å². The molecule has 0 spiro atoms. The SMILES string of the molecule is CCn1cc(S(N)(=O)=O)c(C(F)(F)F)n1. The summed E-state index contributed by atoms with van der Waals surface area (Å²) < 4.78 is 59.6. The summed E-state index contributed by atoms with van der Waals surface area (Å²) in [4.78, 5) is -1.00. The van der Waals surface area contributed by atoms with Gasteiger partial charge in [0.15, 0.2) is 5.69 Å². The van der Waals surface area contributed by atoms with E-state index in [1.807, 2.05) is 0 Å². The number of aromatic nitrogens is 2. The van der Waals surface area contributed by atoms with Gasteiger partial charge in [-0.25, -0.2) is 13.6 Å². The van der Waals surface area contributed by atoms with Crippen LogP contribution in [0.3, 0.4) is 0 Å². The third-order valence-electron chi connectivity index (χ3n) is 1.63. The zero-order valence-corrected chi connectivity index (χ0v) is 8.43. The van der Waals surface area contributed by atoms with E-state index < -0.39 is 26.8 Å². The summed E-state index contributed by atoms with van der Waals surface area (Å²) in [5.74, 6) is 0. The highest BCUT2D eigenvalue weighted by atomic mass is 32.2. The van der Waals surface area contributed by atoms with Crippen LogP contribution in [0.5, 0.6) is 0 Å². The molecule has 9 heteroatoms. The molecule has 0 aliphatic heterocycles. The van der Waals surface area contributed by atoms with Gasteiger partial charge in [-0.2, -0.15) is 18.3 Å². The Morgan fingerprint density at radius 2 is 2.07 bits per heavy atom. The van der Waals surface area contributed by atoms with Gasteiger partial charge in [0.05, 0.1) is 0 Å². The van der Waals surface area contributed by atoms with Crippen molar-refractivity contribution in [2.75, 3.05) is 0 Å². The minimum absolute atomic E-state index is 0.124. The molecule has 0 amide bonds. The summed E-state index contributed by atoms with van der Waals surface area (Å²) in [7, 11) is -4.41. The van der Waals surface area contributed by atoms with Crippen molar-refractivity contribution in [3.05, 3.63) is 11.9 Å². The van der Waals surface area contributed by atoms with Crippen LogP contribution in [0.1, 0.15) is 12.6 Å². The predicted octanol–water partition coefficient (Wildman–Crippen LogP) is 0.569. The van der Waals surface area contributed by atoms with Crippen LogP contribution in [-0.2, 0) is 22.7 Å². The number of nitrogens with two attached hydrogens (primary N) is 1. The van der Waals surface area contributed by atoms with Crippen LogP contribution in [0.4, 0.5) is 13.2 Å². The first-order chi connectivity index (χ1) is 6.66. The van der Waals surface area contributed by atoms with Crippen molar-refractivity contribution in [1.29, 1.82) is 0 Å². The molecular formula is C6H8F3N3O2S. The quantitative estimate of drug-likeness (QED) is 0.824. The zero-order chi connectivity index (χ0) is 11.9. The standard InChI is InChI=1S/C6H8F3N3O2S/c1-2-12-3-4(15(10,13)14)5(11-12)6(7,8)9/h3H,2H2,1H3,(H2,10,13,14). The van der Waals surface area contributed by atoms with Gasteiger partial charge in [-0.3, -0.25) is 4.68 Å². The van der Waals surface area contributed by atoms with E-state index in [-0.39, 0.29) is 6.54 Å². The van der Waals surface area contributed by atoms with Crippen LogP contribution in [0.15, 0.2) is 11.1 Å². The second-order valence-electron chi connectivity index (χ2n) is 2.74. The first-order valence-corrected chi connectivity index (χ1v) is 5.38. The maximum Gasteiger partial charge on any atom is 0.436 e. The zero-order valence-electron chi connectivity index (χ0n) is 7.61. The van der Waals surface area contributed by atoms with E-state index in [1.54, 1.807) is 0 Å². The number of sulfonamides is 1. The summed E-state index contributed by atoms with van der Waals surface area (Å²) in [5.41, 5.74) is -1.48. The van der Waals surface area contributed by atoms with Crippen LogP contribution in [0.2, 0.25) is 0 Å². The van der Waals surface area contributed by atoms with Crippen molar-refractivity contribution in [3.8, 4) is 0 Å². The van der Waals surface area contributed by atoms with E-state index in [1.165, 1.54) is 6.92 Å². The first kappa shape index (κ1) is 12.0. The highest BCUT2D eigenvalue weighted by Gasteiger charge is 2.40. The average Bonchev–Trinajstić information content (AvgIpc) is 2.44. The number of halogens is 3. The lowest BCUT2D eigenvalue weighted by molar-refractivity contribution is -0.143. The van der Waals surface area contributed by atoms with Gasteiger partial charge in [-0.1, -0.05) is 0 Å². The molecule has 0 bridgehead atoms. The third-order valence-corrected chi connectivity index (χ3v) is 2.54. The van der Waals surface area contributed by atoms with Crippen molar-refractivity contribution >= 4 is 10.0 Å². The highest BCUT2D eigenvalue weighted by molar-refractivity contribution is 7.89. The molecule has 2 N–H and O–H groups in total. The number of hydrogen-bond acceptors (Lipinski definition) is 3. The molecule has 86 valence electrons. The van der Waals surface area contributed by atoms with Gasteiger partial charge in [0.2, 0.25) is 10.0 Å². The Balaban J connectivity index is 3.44. The summed E-state index contributed by atoms with van der Waals surface area (Å²) >= 11 is 0. The molecular weight excluding hydrogens is 235 g/mol. The summed E-state index contributed by atoms with van der Waals surface area (Å²) in [6.45, 7) is 1.65. The molecule has 0 fully saturated rings. The Hall–Kier alpha value is -1.09. The molecule has 1 heterocycles. The van der Waals surface area contributed by atoms with Crippen molar-refractivity contribution in [2.24, 2.45) is 5.14 Å². The summed E-state index contributed by atoms with van der Waals surface area (Å²) in [6, 6.07) is 0. The highest BCUT2D eigenvalue weighted by Crippen LogP contribution is 2.32. The monoisotopic (exact) mass is 243 g/mol. The van der Waals surface area contributed by atoms with Gasteiger partial charge < -0.3 is 0 Å². The number of rotatable bonds is 2. The summed E-state index contributed by atoms with van der Waals surface area (Å²) in [5, 5.41) is 7.74. The van der Waals surface area contributed by atoms with E-state index in [0.717, 1.165) is 10.9 Å². The number of nitrogens with zero attached hydrogens (tertiary/aromatic N) is 2. The molecule has 0 aromatic carbocycles. The normalized spacial score (nSPS) is 13.1. The summed E-state index contributed by atoms with van der Waals surface area (Å²) in [6.07, 6.45) is -4.07. The van der Waals surface area contributed by atoms with E-state index in [0.29, 0.717) is 0 Å². The second kappa shape index (κ2) is 3.49. The van der Waals surface area contributed by atoms with Crippen molar-refractivity contribution in [1.82, 2.24) is 9.78 Å². The average molecular weight is 243 g/mol. The minimum atomic E-state index is -4.83. The number of hydrogen-bond donors (Lipinski definition) is 1. The lowest BCUT2D eigenvalue weighted by Gasteiger charge is -2.03. The van der Waals surface area contributed by atoms with Gasteiger partial charge in [0, 0.05) is 12.7 Å². The van der Waals surface area contributed by atoms with Crippen LogP contribution in [-0.4, -0.2) is 18.2 Å². The molecule has 1 aromatic heterocycles. The minimum Gasteiger partial charge on any atom is -0.271 e. The van der Waals surface area contributed by atoms with E-state index in [4.69, 9.17) is 0 Å². The molecule has 0 aliphatic rings. The smallest absolute Gasteiger partial charge is 0.271 e. The second-order valence-corrected chi connectivity index (χ2v) is 4.27. The van der Waals surface area contributed by atoms with Gasteiger partial charge >= 0.3 is 6.18 Å². The Kier molecular flexibility index (Phi) is 2.79. The van der Waals surface area contributed by atoms with Crippen molar-refractivity contribution in [2.45, 2.75) is 24.5 Å². The fourth-order valence-electron chi connectivity index (χ4n) is 0.970. The molecule has 1 aromatic rings. The molecule has 0 atom stereocenters. The Morgan fingerprint density at radius 3 is 2.33 bits per heavy atom.